The van der Waals surface area contributed by atoms with Crippen LogP contribution in [-0.2, 0) is 35.0 Å². The van der Waals surface area contributed by atoms with Gasteiger partial charge in [0.15, 0.2) is 0 Å². The van der Waals surface area contributed by atoms with Crippen LogP contribution in [0.1, 0.15) is 40.0 Å². The molecule has 0 amide bonds. The summed E-state index contributed by atoms with van der Waals surface area (Å²) in [7, 11) is 0. The van der Waals surface area contributed by atoms with Crippen LogP contribution in [0.4, 0.5) is 0 Å². The van der Waals surface area contributed by atoms with E-state index in [4.69, 9.17) is 10.8 Å². The molecule has 0 aliphatic rings. The average Bonchev–Trinajstić information content (AvgIpc) is 2.08. The fourth-order valence-corrected chi connectivity index (χ4v) is 1.17. The van der Waals surface area contributed by atoms with E-state index in [0.29, 0.717) is 6.42 Å². The molecule has 74 valence electrons. The third kappa shape index (κ3) is 8.64. The Hall–Kier alpha value is 0.314. The molecule has 0 saturated carbocycles. The van der Waals surface area contributed by atoms with Gasteiger partial charge in [0.2, 0.25) is 0 Å². The Morgan fingerprint density at radius 2 is 2.08 bits per heavy atom. The summed E-state index contributed by atoms with van der Waals surface area (Å²) in [5.41, 5.74) is 4.43. The summed E-state index contributed by atoms with van der Waals surface area (Å²) >= 11 is 1.00. The van der Waals surface area contributed by atoms with Crippen molar-refractivity contribution >= 4 is 5.97 Å². The van der Waals surface area contributed by atoms with E-state index >= 15 is 0 Å². The molecular weight excluding hydrogens is 243 g/mol. The van der Waals surface area contributed by atoms with E-state index in [0.717, 1.165) is 43.1 Å². The minimum absolute atomic E-state index is 0.524. The van der Waals surface area contributed by atoms with Gasteiger partial charge in [-0.05, 0) is 0 Å². The molecule has 0 rings (SSSR count). The molecular formula is C9H18NO2Y. The monoisotopic (exact) mass is 261 g/mol. The van der Waals surface area contributed by atoms with Gasteiger partial charge < -0.3 is 0 Å². The molecule has 4 heteroatoms. The number of hydrogen-bond donors (Lipinski definition) is 2. The van der Waals surface area contributed by atoms with Gasteiger partial charge in [-0.3, -0.25) is 0 Å². The summed E-state index contributed by atoms with van der Waals surface area (Å²) < 4.78 is 3.06. The Morgan fingerprint density at radius 3 is 2.38 bits per heavy atom. The molecule has 0 bridgehead atoms. The molecule has 0 aromatic carbocycles. The maximum absolute atomic E-state index is 10.5. The summed E-state index contributed by atoms with van der Waals surface area (Å²) in [5, 5.41) is 8.60. The van der Waals surface area contributed by atoms with E-state index in [1.807, 2.05) is 13.8 Å². The van der Waals surface area contributed by atoms with Gasteiger partial charge in [-0.1, -0.05) is 13.8 Å². The zero-order valence-corrected chi connectivity index (χ0v) is 11.5. The van der Waals surface area contributed by atoms with Gasteiger partial charge in [-0.2, -0.15) is 0 Å². The zero-order valence-electron chi connectivity index (χ0n) is 8.63. The van der Waals surface area contributed by atoms with Gasteiger partial charge in [0.1, 0.15) is 0 Å². The number of aliphatic carboxylic acids is 1. The van der Waals surface area contributed by atoms with E-state index < -0.39 is 11.5 Å². The number of nitrogens with two attached hydrogens (primary N) is 1. The van der Waals surface area contributed by atoms with Crippen molar-refractivity contribution in [3.63, 3.8) is 0 Å². The topological polar surface area (TPSA) is 63.3 Å². The predicted molar refractivity (Wildman–Crippen MR) is 49.3 cm³/mol. The second-order valence-corrected chi connectivity index (χ2v) is 3.78. The van der Waals surface area contributed by atoms with E-state index in [-0.39, 0.29) is 0 Å². The molecule has 0 unspecified atom stereocenters. The molecule has 0 saturated heterocycles. The molecule has 0 aliphatic carbocycles. The van der Waals surface area contributed by atoms with Gasteiger partial charge in [-0.15, -0.1) is 0 Å². The fourth-order valence-electron chi connectivity index (χ4n) is 0.665. The van der Waals surface area contributed by atoms with Gasteiger partial charge in [-0.25, -0.2) is 0 Å². The van der Waals surface area contributed by atoms with Gasteiger partial charge >= 0.3 is 86.2 Å². The van der Waals surface area contributed by atoms with E-state index in [2.05, 4.69) is 2.59 Å². The van der Waals surface area contributed by atoms with Crippen molar-refractivity contribution in [2.75, 3.05) is 0 Å². The molecule has 0 aromatic heterocycles. The first-order valence-electron chi connectivity index (χ1n) is 4.46. The Morgan fingerprint density at radius 1 is 1.62 bits per heavy atom. The van der Waals surface area contributed by atoms with Gasteiger partial charge in [0.05, 0.1) is 0 Å². The molecule has 0 radical (unpaired) electrons. The minimum atomic E-state index is -1.06. The molecule has 1 atom stereocenters. The normalized spacial score (nSPS) is 13.4. The Kier molecular flexibility index (Phi) is 10.8. The van der Waals surface area contributed by atoms with Crippen molar-refractivity contribution in [2.24, 2.45) is 5.73 Å². The molecule has 13 heavy (non-hydrogen) atoms. The molecule has 3 N–H and O–H groups in total. The third-order valence-electron chi connectivity index (χ3n) is 1.51. The third-order valence-corrected chi connectivity index (χ3v) is 2.22. The van der Waals surface area contributed by atoms with E-state index in [1.54, 1.807) is 6.92 Å². The molecule has 0 spiro atoms. The number of carboxylic acid groups (broad SMARTS) is 1. The number of carbonyl (C=O) groups is 1. The predicted octanol–water partition coefficient (Wildman–Crippen LogP) is 1.49. The number of carboxylic acids is 1. The van der Waals surface area contributed by atoms with Crippen LogP contribution in [0, 0.1) is 2.59 Å². The van der Waals surface area contributed by atoms with Crippen LogP contribution >= 0.6 is 0 Å². The van der Waals surface area contributed by atoms with Crippen LogP contribution in [-0.4, -0.2) is 16.6 Å². The Balaban J connectivity index is 0. The first-order valence-corrected chi connectivity index (χ1v) is 5.88. The molecule has 0 fully saturated rings. The first-order chi connectivity index (χ1) is 6.00. The van der Waals surface area contributed by atoms with Crippen LogP contribution in [0.3, 0.4) is 0 Å². The summed E-state index contributed by atoms with van der Waals surface area (Å²) in [6.45, 7) is 5.54. The molecule has 0 aromatic rings. The standard InChI is InChI=1S/C7H12NO2.C2H6.Y/c1-3-4-5-7(2,8)6(9)10;1-2;/h3-5,8H2,2H3,(H,9,10);1-2H3;/t7-;;/m0../s1. The summed E-state index contributed by atoms with van der Waals surface area (Å²) in [6, 6.07) is 0. The van der Waals surface area contributed by atoms with E-state index in [9.17, 15) is 4.79 Å². The second-order valence-electron chi connectivity index (χ2n) is 2.78. The van der Waals surface area contributed by atoms with Gasteiger partial charge in [0.25, 0.3) is 0 Å². The molecule has 0 aliphatic heterocycles. The average molecular weight is 261 g/mol. The van der Waals surface area contributed by atoms with Crippen molar-refractivity contribution in [1.82, 2.24) is 0 Å². The van der Waals surface area contributed by atoms with Crippen LogP contribution in [0.15, 0.2) is 0 Å². The van der Waals surface area contributed by atoms with Crippen LogP contribution in [0.25, 0.3) is 0 Å². The van der Waals surface area contributed by atoms with Crippen molar-refractivity contribution < 1.29 is 40.1 Å². The zero-order chi connectivity index (χ0) is 10.9. The van der Waals surface area contributed by atoms with E-state index in [1.165, 1.54) is 0 Å². The van der Waals surface area contributed by atoms with Crippen LogP contribution < -0.4 is 5.73 Å². The quantitative estimate of drug-likeness (QED) is 0.753. The fraction of sp³-hybridized carbons (Fsp3) is 0.778. The first kappa shape index (κ1) is 15.8. The van der Waals surface area contributed by atoms with Crippen molar-refractivity contribution in [2.45, 2.75) is 45.6 Å². The number of rotatable bonds is 4. The SMILES string of the molecule is CC.C[C@](N)(CCC[C]#[Y])C(=O)O. The Labute approximate surface area is 99.5 Å². The number of hydrogen-bond acceptors (Lipinski definition) is 2. The van der Waals surface area contributed by atoms with Crippen LogP contribution in [0.5, 0.6) is 0 Å². The van der Waals surface area contributed by atoms with Gasteiger partial charge in [0, 0.05) is 0 Å². The van der Waals surface area contributed by atoms with Crippen molar-refractivity contribution in [3.05, 3.63) is 0 Å². The van der Waals surface area contributed by atoms with Crippen molar-refractivity contribution in [1.29, 1.82) is 0 Å². The second kappa shape index (κ2) is 8.89. The van der Waals surface area contributed by atoms with Crippen LogP contribution in [0.2, 0.25) is 0 Å². The van der Waals surface area contributed by atoms with Crippen molar-refractivity contribution in [3.8, 4) is 2.59 Å². The Bertz CT molecular complexity index is 185. The molecule has 0 heterocycles. The summed E-state index contributed by atoms with van der Waals surface area (Å²) in [4.78, 5) is 10.5. The molecule has 3 nitrogen and oxygen atoms in total. The number of unbranched alkanes of at least 4 members (excludes halogenated alkanes) is 1. The summed E-state index contributed by atoms with van der Waals surface area (Å²) in [6.07, 6.45) is 2.21. The summed E-state index contributed by atoms with van der Waals surface area (Å²) in [5.74, 6) is -0.926. The maximum atomic E-state index is 10.5.